The molecule has 0 atom stereocenters. The summed E-state index contributed by atoms with van der Waals surface area (Å²) in [4.78, 5) is 15.1. The van der Waals surface area contributed by atoms with Crippen molar-refractivity contribution in [1.82, 2.24) is 9.38 Å². The minimum absolute atomic E-state index is 0.607. The molecule has 2 aromatic heterocycles. The zero-order valence-electron chi connectivity index (χ0n) is 7.68. The maximum absolute atomic E-state index is 11.0. The number of pyridine rings is 1. The van der Waals surface area contributed by atoms with Gasteiger partial charge in [0.15, 0.2) is 6.29 Å². The maximum Gasteiger partial charge on any atom is 0.152 e. The molecule has 2 heterocycles. The van der Waals surface area contributed by atoms with Crippen LogP contribution < -0.4 is 0 Å². The molecule has 1 fully saturated rings. The number of aldehydes is 1. The molecule has 0 radical (unpaired) electrons. The predicted octanol–water partition coefficient (Wildman–Crippen LogP) is 2.02. The van der Waals surface area contributed by atoms with Gasteiger partial charge in [0.2, 0.25) is 0 Å². The quantitative estimate of drug-likeness (QED) is 0.672. The van der Waals surface area contributed by atoms with E-state index < -0.39 is 0 Å². The fourth-order valence-corrected chi connectivity index (χ4v) is 1.91. The van der Waals surface area contributed by atoms with E-state index in [0.29, 0.717) is 5.92 Å². The Hall–Kier alpha value is -1.64. The van der Waals surface area contributed by atoms with Gasteiger partial charge in [0, 0.05) is 11.8 Å². The van der Waals surface area contributed by atoms with Crippen LogP contribution in [0.3, 0.4) is 0 Å². The van der Waals surface area contributed by atoms with Crippen LogP contribution in [-0.4, -0.2) is 15.7 Å². The van der Waals surface area contributed by atoms with Crippen molar-refractivity contribution in [3.8, 4) is 0 Å². The van der Waals surface area contributed by atoms with Crippen molar-refractivity contribution in [1.29, 1.82) is 0 Å². The topological polar surface area (TPSA) is 34.4 Å². The van der Waals surface area contributed by atoms with E-state index in [9.17, 15) is 4.79 Å². The summed E-state index contributed by atoms with van der Waals surface area (Å²) < 4.78 is 1.88. The molecule has 0 amide bonds. The zero-order chi connectivity index (χ0) is 9.54. The zero-order valence-corrected chi connectivity index (χ0v) is 7.68. The lowest BCUT2D eigenvalue weighted by molar-refractivity contribution is 0.112. The Labute approximate surface area is 81.4 Å². The normalized spacial score (nSPS) is 16.0. The third kappa shape index (κ3) is 0.985. The molecule has 1 saturated carbocycles. The molecule has 1 aliphatic rings. The Kier molecular flexibility index (Phi) is 1.48. The third-order valence-electron chi connectivity index (χ3n) is 2.80. The highest BCUT2D eigenvalue weighted by atomic mass is 16.1. The van der Waals surface area contributed by atoms with Crippen LogP contribution in [0.2, 0.25) is 0 Å². The number of nitrogens with zero attached hydrogens (tertiary/aromatic N) is 2. The first kappa shape index (κ1) is 7.74. The number of fused-ring (bicyclic) bond motifs is 1. The van der Waals surface area contributed by atoms with E-state index in [1.54, 1.807) is 12.5 Å². The summed E-state index contributed by atoms with van der Waals surface area (Å²) in [6.45, 7) is 0. The molecule has 0 aromatic carbocycles. The van der Waals surface area contributed by atoms with Crippen LogP contribution >= 0.6 is 0 Å². The van der Waals surface area contributed by atoms with Crippen LogP contribution in [0.1, 0.15) is 34.7 Å². The van der Waals surface area contributed by atoms with Gasteiger partial charge in [0.1, 0.15) is 0 Å². The van der Waals surface area contributed by atoms with Crippen molar-refractivity contribution in [2.75, 3.05) is 0 Å². The second kappa shape index (κ2) is 2.67. The Morgan fingerprint density at radius 2 is 2.36 bits per heavy atom. The van der Waals surface area contributed by atoms with Crippen LogP contribution in [0, 0.1) is 0 Å². The first-order valence-corrected chi connectivity index (χ1v) is 4.80. The van der Waals surface area contributed by atoms with Gasteiger partial charge in [-0.2, -0.15) is 0 Å². The van der Waals surface area contributed by atoms with E-state index in [1.807, 2.05) is 16.7 Å². The maximum atomic E-state index is 11.0. The lowest BCUT2D eigenvalue weighted by atomic mass is 10.1. The molecule has 70 valence electrons. The molecule has 0 bridgehead atoms. The Morgan fingerprint density at radius 3 is 3.07 bits per heavy atom. The molecule has 0 saturated heterocycles. The molecule has 1 aliphatic carbocycles. The fourth-order valence-electron chi connectivity index (χ4n) is 1.91. The highest BCUT2D eigenvalue weighted by Gasteiger charge is 2.26. The second-order valence-corrected chi connectivity index (χ2v) is 3.76. The number of hydrogen-bond acceptors (Lipinski definition) is 2. The molecule has 14 heavy (non-hydrogen) atoms. The summed E-state index contributed by atoms with van der Waals surface area (Å²) >= 11 is 0. The third-order valence-corrected chi connectivity index (χ3v) is 2.80. The Morgan fingerprint density at radius 1 is 1.50 bits per heavy atom. The smallest absolute Gasteiger partial charge is 0.152 e. The number of carbonyl (C=O) groups excluding carboxylic acids is 1. The molecule has 0 unspecified atom stereocenters. The second-order valence-electron chi connectivity index (χ2n) is 3.76. The van der Waals surface area contributed by atoms with Gasteiger partial charge in [0.05, 0.1) is 18.0 Å². The number of rotatable bonds is 2. The van der Waals surface area contributed by atoms with Gasteiger partial charge in [0.25, 0.3) is 0 Å². The molecule has 3 rings (SSSR count). The van der Waals surface area contributed by atoms with E-state index in [0.717, 1.165) is 17.4 Å². The minimum Gasteiger partial charge on any atom is -0.306 e. The van der Waals surface area contributed by atoms with Crippen LogP contribution in [0.25, 0.3) is 5.52 Å². The van der Waals surface area contributed by atoms with E-state index in [4.69, 9.17) is 0 Å². The standard InChI is InChI=1S/C11H10N2O/c14-6-10-9(8-1-2-8)3-4-13-7-12-5-11(10)13/h3-8H,1-2H2. The van der Waals surface area contributed by atoms with Crippen LogP contribution in [-0.2, 0) is 0 Å². The number of aromatic nitrogens is 2. The van der Waals surface area contributed by atoms with Crippen molar-refractivity contribution in [3.63, 3.8) is 0 Å². The van der Waals surface area contributed by atoms with Gasteiger partial charge in [-0.15, -0.1) is 0 Å². The Balaban J connectivity index is 2.33. The highest BCUT2D eigenvalue weighted by Crippen LogP contribution is 2.41. The van der Waals surface area contributed by atoms with Gasteiger partial charge in [-0.25, -0.2) is 4.98 Å². The average Bonchev–Trinajstić information content (AvgIpc) is 2.94. The van der Waals surface area contributed by atoms with Crippen molar-refractivity contribution in [2.45, 2.75) is 18.8 Å². The van der Waals surface area contributed by atoms with Crippen molar-refractivity contribution in [2.24, 2.45) is 0 Å². The molecular formula is C11H10N2O. The van der Waals surface area contributed by atoms with Crippen LogP contribution in [0.4, 0.5) is 0 Å². The van der Waals surface area contributed by atoms with Crippen LogP contribution in [0.15, 0.2) is 24.8 Å². The monoisotopic (exact) mass is 186 g/mol. The number of hydrogen-bond donors (Lipinski definition) is 0. The number of carbonyl (C=O) groups is 1. The minimum atomic E-state index is 0.607. The molecule has 0 aliphatic heterocycles. The van der Waals surface area contributed by atoms with E-state index in [1.165, 1.54) is 18.4 Å². The predicted molar refractivity (Wildman–Crippen MR) is 52.6 cm³/mol. The summed E-state index contributed by atoms with van der Waals surface area (Å²) in [7, 11) is 0. The van der Waals surface area contributed by atoms with E-state index >= 15 is 0 Å². The fraction of sp³-hybridized carbons (Fsp3) is 0.273. The van der Waals surface area contributed by atoms with Gasteiger partial charge in [-0.1, -0.05) is 0 Å². The summed E-state index contributed by atoms with van der Waals surface area (Å²) in [5.74, 6) is 0.607. The molecule has 0 spiro atoms. The van der Waals surface area contributed by atoms with Gasteiger partial charge in [-0.3, -0.25) is 4.79 Å². The van der Waals surface area contributed by atoms with E-state index in [2.05, 4.69) is 4.98 Å². The van der Waals surface area contributed by atoms with Gasteiger partial charge < -0.3 is 4.40 Å². The highest BCUT2D eigenvalue weighted by molar-refractivity contribution is 5.88. The first-order valence-electron chi connectivity index (χ1n) is 4.80. The van der Waals surface area contributed by atoms with E-state index in [-0.39, 0.29) is 0 Å². The summed E-state index contributed by atoms with van der Waals surface area (Å²) in [6.07, 6.45) is 8.82. The molecular weight excluding hydrogens is 176 g/mol. The molecule has 3 nitrogen and oxygen atoms in total. The van der Waals surface area contributed by atoms with Crippen molar-refractivity contribution >= 4 is 11.8 Å². The largest absolute Gasteiger partial charge is 0.306 e. The van der Waals surface area contributed by atoms with Crippen molar-refractivity contribution in [3.05, 3.63) is 35.9 Å². The molecule has 3 heteroatoms. The van der Waals surface area contributed by atoms with Gasteiger partial charge in [-0.05, 0) is 30.4 Å². The summed E-state index contributed by atoms with van der Waals surface area (Å²) in [5.41, 5.74) is 2.92. The average molecular weight is 186 g/mol. The van der Waals surface area contributed by atoms with Crippen molar-refractivity contribution < 1.29 is 4.79 Å². The summed E-state index contributed by atoms with van der Waals surface area (Å²) in [5, 5.41) is 0. The van der Waals surface area contributed by atoms with Gasteiger partial charge >= 0.3 is 0 Å². The van der Waals surface area contributed by atoms with Crippen LogP contribution in [0.5, 0.6) is 0 Å². The SMILES string of the molecule is O=Cc1c(C2CC2)ccn2cncc12. The summed E-state index contributed by atoms with van der Waals surface area (Å²) in [6, 6.07) is 2.04. The first-order chi connectivity index (χ1) is 6.90. The number of imidazole rings is 1. The molecule has 2 aromatic rings. The lowest BCUT2D eigenvalue weighted by Crippen LogP contribution is -1.95. The molecule has 0 N–H and O–H groups in total. The Bertz CT molecular complexity index is 497. The lowest BCUT2D eigenvalue weighted by Gasteiger charge is -2.04.